The molecule has 0 spiro atoms. The Bertz CT molecular complexity index is 1360. The van der Waals surface area contributed by atoms with Gasteiger partial charge < -0.3 is 24.2 Å². The molecule has 0 aliphatic carbocycles. The first-order valence-electron chi connectivity index (χ1n) is 13.9. The molecule has 0 aromatic heterocycles. The third-order valence-electron chi connectivity index (χ3n) is 7.11. The number of hydrogen-bond donors (Lipinski definition) is 0. The second kappa shape index (κ2) is 13.3. The van der Waals surface area contributed by atoms with Crippen molar-refractivity contribution < 1.29 is 14.3 Å². The van der Waals surface area contributed by atoms with Crippen LogP contribution in [0.4, 0.5) is 17.1 Å². The molecule has 1 unspecified atom stereocenters. The number of nitrogens with zero attached hydrogens (tertiary/aromatic N) is 3. The summed E-state index contributed by atoms with van der Waals surface area (Å²) >= 11 is 0. The molecule has 0 saturated carbocycles. The van der Waals surface area contributed by atoms with Crippen molar-refractivity contribution in [1.29, 1.82) is 0 Å². The smallest absolute Gasteiger partial charge is 0.338 e. The molecule has 214 valence electrons. The maximum atomic E-state index is 13.8. The van der Waals surface area contributed by atoms with Crippen molar-refractivity contribution in [2.45, 2.75) is 18.9 Å². The molecular formula is C35H41N3O3. The van der Waals surface area contributed by atoms with Gasteiger partial charge in [0.2, 0.25) is 0 Å². The van der Waals surface area contributed by atoms with Crippen LogP contribution in [0.25, 0.3) is 0 Å². The van der Waals surface area contributed by atoms with Gasteiger partial charge in [-0.2, -0.15) is 0 Å². The first-order valence-corrected chi connectivity index (χ1v) is 13.9. The van der Waals surface area contributed by atoms with Crippen LogP contribution < -0.4 is 19.4 Å². The van der Waals surface area contributed by atoms with Crippen LogP contribution in [-0.4, -0.2) is 61.0 Å². The largest absolute Gasteiger partial charge is 0.490 e. The molecule has 0 heterocycles. The van der Waals surface area contributed by atoms with E-state index in [1.165, 1.54) is 0 Å². The standard InChI is InChI=1S/C35H41N3O3/c1-25(24-40-31-11-9-8-10-12-31)41-35(39)33-23-30(38(6)7)21-22-32(33)34(26-13-17-28(18-14-26)36(2)3)27-15-19-29(20-16-27)37(4)5/h8-23,25,34H,24H2,1-7H3. The molecule has 0 saturated heterocycles. The zero-order valence-corrected chi connectivity index (χ0v) is 25.2. The van der Waals surface area contributed by atoms with E-state index in [0.29, 0.717) is 5.56 Å². The average Bonchev–Trinajstić information content (AvgIpc) is 2.97. The van der Waals surface area contributed by atoms with Gasteiger partial charge in [0.15, 0.2) is 0 Å². The summed E-state index contributed by atoms with van der Waals surface area (Å²) in [4.78, 5) is 20.0. The van der Waals surface area contributed by atoms with E-state index >= 15 is 0 Å². The van der Waals surface area contributed by atoms with Gasteiger partial charge >= 0.3 is 5.97 Å². The fourth-order valence-corrected chi connectivity index (χ4v) is 4.74. The molecule has 6 nitrogen and oxygen atoms in total. The Kier molecular flexibility index (Phi) is 9.56. The average molecular weight is 552 g/mol. The molecule has 0 amide bonds. The Labute approximate surface area is 244 Å². The summed E-state index contributed by atoms with van der Waals surface area (Å²) in [5, 5.41) is 0. The maximum Gasteiger partial charge on any atom is 0.338 e. The van der Waals surface area contributed by atoms with Crippen molar-refractivity contribution >= 4 is 23.0 Å². The zero-order chi connectivity index (χ0) is 29.5. The molecule has 4 aromatic rings. The molecule has 0 aliphatic rings. The summed E-state index contributed by atoms with van der Waals surface area (Å²) in [7, 11) is 12.1. The second-order valence-corrected chi connectivity index (χ2v) is 10.9. The normalized spacial score (nSPS) is 11.6. The van der Waals surface area contributed by atoms with Gasteiger partial charge in [-0.25, -0.2) is 4.79 Å². The first kappa shape index (κ1) is 29.5. The topological polar surface area (TPSA) is 45.3 Å². The van der Waals surface area contributed by atoms with Crippen LogP contribution in [0.2, 0.25) is 0 Å². The highest BCUT2D eigenvalue weighted by Crippen LogP contribution is 2.37. The van der Waals surface area contributed by atoms with E-state index in [1.54, 1.807) is 0 Å². The van der Waals surface area contributed by atoms with Gasteiger partial charge in [0, 0.05) is 65.3 Å². The molecule has 1 atom stereocenters. The third-order valence-corrected chi connectivity index (χ3v) is 7.11. The van der Waals surface area contributed by atoms with Crippen molar-refractivity contribution in [3.05, 3.63) is 119 Å². The Hall–Kier alpha value is -4.45. The number of para-hydroxylation sites is 1. The Morgan fingerprint density at radius 2 is 1.15 bits per heavy atom. The van der Waals surface area contributed by atoms with Crippen LogP contribution in [0.5, 0.6) is 5.75 Å². The molecule has 4 rings (SSSR count). The van der Waals surface area contributed by atoms with E-state index in [2.05, 4.69) is 70.5 Å². The second-order valence-electron chi connectivity index (χ2n) is 10.9. The van der Waals surface area contributed by atoms with Crippen molar-refractivity contribution in [3.63, 3.8) is 0 Å². The van der Waals surface area contributed by atoms with Crippen molar-refractivity contribution in [3.8, 4) is 5.75 Å². The number of esters is 1. The van der Waals surface area contributed by atoms with Crippen LogP contribution in [0.1, 0.15) is 39.9 Å². The molecule has 0 fully saturated rings. The van der Waals surface area contributed by atoms with E-state index in [-0.39, 0.29) is 18.5 Å². The van der Waals surface area contributed by atoms with Crippen LogP contribution in [-0.2, 0) is 4.74 Å². The minimum Gasteiger partial charge on any atom is -0.490 e. The minimum atomic E-state index is -0.434. The Balaban J connectivity index is 1.74. The van der Waals surface area contributed by atoms with E-state index in [0.717, 1.165) is 39.5 Å². The molecular weight excluding hydrogens is 510 g/mol. The molecule has 41 heavy (non-hydrogen) atoms. The molecule has 0 aliphatic heterocycles. The number of anilines is 3. The van der Waals surface area contributed by atoms with Gasteiger partial charge in [-0.3, -0.25) is 0 Å². The fraction of sp³-hybridized carbons (Fsp3) is 0.286. The number of carbonyl (C=O) groups is 1. The zero-order valence-electron chi connectivity index (χ0n) is 25.2. The molecule has 0 N–H and O–H groups in total. The summed E-state index contributed by atoms with van der Waals surface area (Å²) < 4.78 is 11.8. The molecule has 0 bridgehead atoms. The van der Waals surface area contributed by atoms with Gasteiger partial charge in [-0.15, -0.1) is 0 Å². The SMILES string of the molecule is CC(COc1ccccc1)OC(=O)c1cc(N(C)C)ccc1C(c1ccc(N(C)C)cc1)c1ccc(N(C)C)cc1. The van der Waals surface area contributed by atoms with Gasteiger partial charge in [0.05, 0.1) is 5.56 Å². The summed E-state index contributed by atoms with van der Waals surface area (Å²) in [5.41, 5.74) is 6.79. The highest BCUT2D eigenvalue weighted by atomic mass is 16.6. The predicted molar refractivity (Wildman–Crippen MR) is 170 cm³/mol. The summed E-state index contributed by atoms with van der Waals surface area (Å²) in [6.45, 7) is 2.12. The van der Waals surface area contributed by atoms with E-state index < -0.39 is 6.10 Å². The fourth-order valence-electron chi connectivity index (χ4n) is 4.74. The van der Waals surface area contributed by atoms with Gasteiger partial charge in [0.1, 0.15) is 18.5 Å². The van der Waals surface area contributed by atoms with Crippen LogP contribution in [0, 0.1) is 0 Å². The number of rotatable bonds is 11. The molecule has 6 heteroatoms. The van der Waals surface area contributed by atoms with Crippen molar-refractivity contribution in [2.24, 2.45) is 0 Å². The van der Waals surface area contributed by atoms with E-state index in [1.807, 2.05) is 90.5 Å². The third kappa shape index (κ3) is 7.40. The quantitative estimate of drug-likeness (QED) is 0.153. The summed E-state index contributed by atoms with van der Waals surface area (Å²) in [6.07, 6.45) is -0.434. The van der Waals surface area contributed by atoms with Gasteiger partial charge in [-0.1, -0.05) is 48.5 Å². The lowest BCUT2D eigenvalue weighted by Gasteiger charge is -2.25. The highest BCUT2D eigenvalue weighted by molar-refractivity contribution is 5.93. The molecule has 0 radical (unpaired) electrons. The number of benzene rings is 4. The van der Waals surface area contributed by atoms with E-state index in [9.17, 15) is 4.79 Å². The first-order chi connectivity index (χ1) is 19.6. The Morgan fingerprint density at radius 1 is 0.659 bits per heavy atom. The monoisotopic (exact) mass is 551 g/mol. The minimum absolute atomic E-state index is 0.169. The van der Waals surface area contributed by atoms with Crippen molar-refractivity contribution in [2.75, 3.05) is 63.6 Å². The van der Waals surface area contributed by atoms with Gasteiger partial charge in [-0.05, 0) is 72.1 Å². The predicted octanol–water partition coefficient (Wildman–Crippen LogP) is 6.69. The number of hydrogen-bond acceptors (Lipinski definition) is 6. The van der Waals surface area contributed by atoms with Gasteiger partial charge in [0.25, 0.3) is 0 Å². The lowest BCUT2D eigenvalue weighted by Crippen LogP contribution is -2.24. The Morgan fingerprint density at radius 3 is 1.63 bits per heavy atom. The summed E-state index contributed by atoms with van der Waals surface area (Å²) in [6, 6.07) is 32.6. The lowest BCUT2D eigenvalue weighted by molar-refractivity contribution is 0.0227. The summed E-state index contributed by atoms with van der Waals surface area (Å²) in [5.74, 6) is 0.206. The van der Waals surface area contributed by atoms with Crippen LogP contribution in [0.15, 0.2) is 97.1 Å². The van der Waals surface area contributed by atoms with Crippen LogP contribution in [0.3, 0.4) is 0 Å². The van der Waals surface area contributed by atoms with E-state index in [4.69, 9.17) is 9.47 Å². The maximum absolute atomic E-state index is 13.8. The number of carbonyl (C=O) groups excluding carboxylic acids is 1. The highest BCUT2D eigenvalue weighted by Gasteiger charge is 2.26. The van der Waals surface area contributed by atoms with Crippen molar-refractivity contribution in [1.82, 2.24) is 0 Å². The lowest BCUT2D eigenvalue weighted by atomic mass is 9.82. The number of ether oxygens (including phenoxy) is 2. The molecule has 4 aromatic carbocycles. The van der Waals surface area contributed by atoms with Crippen LogP contribution >= 0.6 is 0 Å².